The largest absolute Gasteiger partial charge is 0.310 e. The van der Waals surface area contributed by atoms with E-state index in [0.29, 0.717) is 0 Å². The fourth-order valence-electron chi connectivity index (χ4n) is 8.09. The molecule has 0 atom stereocenters. The van der Waals surface area contributed by atoms with Gasteiger partial charge in [0.15, 0.2) is 0 Å². The van der Waals surface area contributed by atoms with Gasteiger partial charge in [0, 0.05) is 62.8 Å². The van der Waals surface area contributed by atoms with Crippen molar-refractivity contribution in [2.75, 3.05) is 4.90 Å². The molecule has 6 aromatic carbocycles. The van der Waals surface area contributed by atoms with Crippen LogP contribution < -0.4 is 4.90 Å². The third-order valence-electron chi connectivity index (χ3n) is 10.5. The summed E-state index contributed by atoms with van der Waals surface area (Å²) in [5, 5.41) is 5.33. The van der Waals surface area contributed by atoms with Crippen molar-refractivity contribution in [3.05, 3.63) is 151 Å². The molecule has 0 spiro atoms. The summed E-state index contributed by atoms with van der Waals surface area (Å²) in [7, 11) is 0. The van der Waals surface area contributed by atoms with E-state index in [4.69, 9.17) is 0 Å². The zero-order chi connectivity index (χ0) is 31.2. The molecule has 0 aliphatic heterocycles. The smallest absolute Gasteiger partial charge is 0.0476 e. The van der Waals surface area contributed by atoms with Gasteiger partial charge in [-0.3, -0.25) is 0 Å². The number of thiophene rings is 2. The van der Waals surface area contributed by atoms with Crippen molar-refractivity contribution in [3.63, 3.8) is 0 Å². The first-order chi connectivity index (χ1) is 23.3. The first-order valence-electron chi connectivity index (χ1n) is 17.1. The highest BCUT2D eigenvalue weighted by molar-refractivity contribution is 7.26. The Labute approximate surface area is 284 Å². The predicted octanol–water partition coefficient (Wildman–Crippen LogP) is 13.9. The minimum atomic E-state index is 0.0650. The first-order valence-corrected chi connectivity index (χ1v) is 18.7. The van der Waals surface area contributed by atoms with Crippen LogP contribution in [0, 0.1) is 0 Å². The van der Waals surface area contributed by atoms with Crippen molar-refractivity contribution in [1.29, 1.82) is 0 Å². The maximum Gasteiger partial charge on any atom is 0.0476 e. The Balaban J connectivity index is 1.20. The molecule has 2 heterocycles. The Hall–Kier alpha value is -4.44. The summed E-state index contributed by atoms with van der Waals surface area (Å²) in [6.45, 7) is 0. The average Bonchev–Trinajstić information content (AvgIpc) is 3.67. The SMILES string of the molecule is c1ccc(C2(c3ccc(N(c4ccc5c(c4)sc4ccccc45)c4ccc5sc6ccccc6c5c4)cc3)CCCCCCC2)cc1. The molecule has 230 valence electrons. The van der Waals surface area contributed by atoms with Crippen molar-refractivity contribution in [3.8, 4) is 0 Å². The third-order valence-corrected chi connectivity index (χ3v) is 12.7. The molecule has 0 radical (unpaired) electrons. The van der Waals surface area contributed by atoms with Crippen LogP contribution in [-0.2, 0) is 5.41 Å². The summed E-state index contributed by atoms with van der Waals surface area (Å²) in [6.07, 6.45) is 9.03. The molecule has 9 rings (SSSR count). The number of fused-ring (bicyclic) bond motifs is 6. The minimum Gasteiger partial charge on any atom is -0.310 e. The zero-order valence-electron chi connectivity index (χ0n) is 26.5. The molecule has 1 nitrogen and oxygen atoms in total. The normalized spacial score (nSPS) is 15.2. The summed E-state index contributed by atoms with van der Waals surface area (Å²) < 4.78 is 5.34. The minimum absolute atomic E-state index is 0.0650. The van der Waals surface area contributed by atoms with Gasteiger partial charge in [0.1, 0.15) is 0 Å². The molecular formula is C44H37NS2. The van der Waals surface area contributed by atoms with Gasteiger partial charge in [-0.2, -0.15) is 0 Å². The lowest BCUT2D eigenvalue weighted by atomic mass is 9.67. The predicted molar refractivity (Wildman–Crippen MR) is 206 cm³/mol. The highest BCUT2D eigenvalue weighted by Gasteiger charge is 2.34. The second-order valence-corrected chi connectivity index (χ2v) is 15.3. The molecule has 0 unspecified atom stereocenters. The molecule has 1 fully saturated rings. The van der Waals surface area contributed by atoms with Crippen LogP contribution in [-0.4, -0.2) is 0 Å². The summed E-state index contributed by atoms with van der Waals surface area (Å²) in [4.78, 5) is 2.47. The van der Waals surface area contributed by atoms with Gasteiger partial charge in [-0.1, -0.05) is 117 Å². The summed E-state index contributed by atoms with van der Waals surface area (Å²) in [5.41, 5.74) is 6.57. The van der Waals surface area contributed by atoms with Gasteiger partial charge in [-0.25, -0.2) is 0 Å². The van der Waals surface area contributed by atoms with E-state index in [2.05, 4.69) is 144 Å². The maximum absolute atomic E-state index is 2.47. The monoisotopic (exact) mass is 643 g/mol. The molecule has 47 heavy (non-hydrogen) atoms. The number of hydrogen-bond donors (Lipinski definition) is 0. The Bertz CT molecular complexity index is 2340. The Morgan fingerprint density at radius 1 is 0.383 bits per heavy atom. The molecule has 0 amide bonds. The third kappa shape index (κ3) is 5.04. The van der Waals surface area contributed by atoms with Gasteiger partial charge in [0.05, 0.1) is 0 Å². The van der Waals surface area contributed by atoms with Crippen molar-refractivity contribution < 1.29 is 0 Å². The summed E-state index contributed by atoms with van der Waals surface area (Å²) >= 11 is 3.77. The van der Waals surface area contributed by atoms with E-state index in [1.807, 2.05) is 22.7 Å². The average molecular weight is 644 g/mol. The molecule has 0 N–H and O–H groups in total. The molecule has 1 aliphatic carbocycles. The van der Waals surface area contributed by atoms with Crippen LogP contribution >= 0.6 is 22.7 Å². The van der Waals surface area contributed by atoms with E-state index in [9.17, 15) is 0 Å². The van der Waals surface area contributed by atoms with Crippen LogP contribution in [0.4, 0.5) is 17.1 Å². The van der Waals surface area contributed by atoms with Gasteiger partial charge in [0.2, 0.25) is 0 Å². The molecule has 2 aromatic heterocycles. The molecule has 1 aliphatic rings. The molecule has 0 saturated heterocycles. The topological polar surface area (TPSA) is 3.24 Å². The second kappa shape index (κ2) is 12.0. The fraction of sp³-hybridized carbons (Fsp3) is 0.182. The summed E-state index contributed by atoms with van der Waals surface area (Å²) in [5.74, 6) is 0. The summed E-state index contributed by atoms with van der Waals surface area (Å²) in [6, 6.07) is 52.6. The van der Waals surface area contributed by atoms with Crippen LogP contribution in [0.3, 0.4) is 0 Å². The van der Waals surface area contributed by atoms with Gasteiger partial charge in [-0.05, 0) is 78.6 Å². The standard InChI is InChI=1S/C44H37NS2/c1-2-11-27-44(28-12-3-1,31-13-5-4-6-14-31)32-19-21-33(22-20-32)45(34-24-26-42-39(29-34)37-16-8-10-18-41(37)46-42)35-23-25-38-36-15-7-9-17-40(36)47-43(38)30-35/h4-10,13-26,29-30H,1-3,11-12,27-28H2. The lowest BCUT2D eigenvalue weighted by molar-refractivity contribution is 0.366. The van der Waals surface area contributed by atoms with E-state index < -0.39 is 0 Å². The molecular weight excluding hydrogens is 607 g/mol. The van der Waals surface area contributed by atoms with E-state index >= 15 is 0 Å². The molecule has 3 heteroatoms. The van der Waals surface area contributed by atoms with Crippen LogP contribution in [0.2, 0.25) is 0 Å². The number of benzene rings is 6. The number of nitrogens with zero attached hydrogens (tertiary/aromatic N) is 1. The van der Waals surface area contributed by atoms with Gasteiger partial charge in [-0.15, -0.1) is 22.7 Å². The van der Waals surface area contributed by atoms with Crippen LogP contribution in [0.25, 0.3) is 40.3 Å². The highest BCUT2D eigenvalue weighted by atomic mass is 32.1. The van der Waals surface area contributed by atoms with Crippen LogP contribution in [0.15, 0.2) is 140 Å². The Morgan fingerprint density at radius 2 is 0.894 bits per heavy atom. The van der Waals surface area contributed by atoms with Crippen LogP contribution in [0.5, 0.6) is 0 Å². The van der Waals surface area contributed by atoms with Crippen LogP contribution in [0.1, 0.15) is 56.1 Å². The Morgan fingerprint density at radius 3 is 1.64 bits per heavy atom. The second-order valence-electron chi connectivity index (χ2n) is 13.2. The first kappa shape index (κ1) is 28.8. The van der Waals surface area contributed by atoms with E-state index in [1.165, 1.54) is 113 Å². The molecule has 0 bridgehead atoms. The van der Waals surface area contributed by atoms with Crippen molar-refractivity contribution in [2.24, 2.45) is 0 Å². The van der Waals surface area contributed by atoms with Gasteiger partial charge < -0.3 is 4.90 Å². The number of anilines is 3. The number of rotatable bonds is 5. The van der Waals surface area contributed by atoms with Crippen molar-refractivity contribution in [2.45, 2.75) is 50.4 Å². The zero-order valence-corrected chi connectivity index (χ0v) is 28.1. The molecule has 8 aromatic rings. The lowest BCUT2D eigenvalue weighted by Gasteiger charge is -2.37. The molecule has 1 saturated carbocycles. The quantitative estimate of drug-likeness (QED) is 0.180. The van der Waals surface area contributed by atoms with E-state index in [1.54, 1.807) is 0 Å². The lowest BCUT2D eigenvalue weighted by Crippen LogP contribution is -2.29. The van der Waals surface area contributed by atoms with Crippen molar-refractivity contribution in [1.82, 2.24) is 0 Å². The van der Waals surface area contributed by atoms with Crippen molar-refractivity contribution >= 4 is 80.1 Å². The number of hydrogen-bond acceptors (Lipinski definition) is 3. The van der Waals surface area contributed by atoms with E-state index in [-0.39, 0.29) is 5.41 Å². The van der Waals surface area contributed by atoms with Gasteiger partial charge in [0.25, 0.3) is 0 Å². The maximum atomic E-state index is 2.47. The fourth-order valence-corrected chi connectivity index (χ4v) is 10.3. The highest BCUT2D eigenvalue weighted by Crippen LogP contribution is 2.46. The van der Waals surface area contributed by atoms with E-state index in [0.717, 1.165) is 0 Å². The Kier molecular flexibility index (Phi) is 7.33. The van der Waals surface area contributed by atoms with Gasteiger partial charge >= 0.3 is 0 Å².